The molecule has 0 aliphatic heterocycles. The summed E-state index contributed by atoms with van der Waals surface area (Å²) in [6.07, 6.45) is -12.1. The van der Waals surface area contributed by atoms with E-state index in [1.807, 2.05) is 5.32 Å². The fourth-order valence-corrected chi connectivity index (χ4v) is 2.21. The molecule has 2 N–H and O–H groups in total. The molecule has 1 amide bonds. The number of carbonyl (C=O) groups is 1. The van der Waals surface area contributed by atoms with Crippen LogP contribution in [0.15, 0.2) is 71.2 Å². The molecule has 2 aromatic rings. The van der Waals surface area contributed by atoms with E-state index in [0.717, 1.165) is 6.21 Å². The quantitative estimate of drug-likeness (QED) is 0.419. The maximum atomic E-state index is 12.5. The van der Waals surface area contributed by atoms with Gasteiger partial charge in [0, 0.05) is 29.1 Å². The Hall–Kier alpha value is -3.14. The van der Waals surface area contributed by atoms with Crippen molar-refractivity contribution in [2.24, 2.45) is 4.99 Å². The lowest BCUT2D eigenvalue weighted by molar-refractivity contribution is -0.172. The molecule has 1 atom stereocenters. The van der Waals surface area contributed by atoms with Crippen molar-refractivity contribution >= 4 is 17.8 Å². The predicted molar refractivity (Wildman–Crippen MR) is 94.3 cm³/mol. The van der Waals surface area contributed by atoms with Gasteiger partial charge in [-0.25, -0.2) is 0 Å². The van der Waals surface area contributed by atoms with E-state index in [0.29, 0.717) is 5.56 Å². The molecule has 0 spiro atoms. The summed E-state index contributed by atoms with van der Waals surface area (Å²) in [6.45, 7) is 0. The lowest BCUT2D eigenvalue weighted by atomic mass is 10.1. The number of allylic oxidation sites excluding steroid dienone is 1. The van der Waals surface area contributed by atoms with Gasteiger partial charge in [-0.05, 0) is 6.07 Å². The van der Waals surface area contributed by atoms with Crippen molar-refractivity contribution in [2.75, 3.05) is 5.32 Å². The Bertz CT molecular complexity index is 889. The Morgan fingerprint density at radius 1 is 0.931 bits per heavy atom. The topological polar surface area (TPSA) is 61.7 Å². The number of hydrogen-bond acceptors (Lipinski definition) is 3. The molecule has 0 aromatic heterocycles. The molecular formula is C19H14F6N2O2. The van der Waals surface area contributed by atoms with Gasteiger partial charge in [-0.15, -0.1) is 0 Å². The molecule has 0 saturated heterocycles. The van der Waals surface area contributed by atoms with Gasteiger partial charge in [-0.2, -0.15) is 26.3 Å². The minimum absolute atomic E-state index is 0.0820. The summed E-state index contributed by atoms with van der Waals surface area (Å²) in [6, 6.07) is 13.9. The molecule has 154 valence electrons. The smallest absolute Gasteiger partial charge is 0.368 e. The van der Waals surface area contributed by atoms with E-state index in [2.05, 4.69) is 4.99 Å². The van der Waals surface area contributed by atoms with Crippen LogP contribution >= 0.6 is 0 Å². The number of benzene rings is 2. The second-order valence-electron chi connectivity index (χ2n) is 5.69. The highest BCUT2D eigenvalue weighted by Gasteiger charge is 2.51. The highest BCUT2D eigenvalue weighted by molar-refractivity contribution is 6.03. The third-order valence-corrected chi connectivity index (χ3v) is 3.56. The lowest BCUT2D eigenvalue weighted by Crippen LogP contribution is -2.28. The maximum Gasteiger partial charge on any atom is 0.421 e. The Morgan fingerprint density at radius 3 is 2.07 bits per heavy atom. The molecule has 0 heterocycles. The van der Waals surface area contributed by atoms with Crippen molar-refractivity contribution in [3.8, 4) is 0 Å². The first kappa shape index (κ1) is 22.2. The monoisotopic (exact) mass is 416 g/mol. The number of halogens is 6. The molecule has 10 heteroatoms. The summed E-state index contributed by atoms with van der Waals surface area (Å²) >= 11 is 0. The molecule has 0 aliphatic carbocycles. The second kappa shape index (κ2) is 8.91. The number of alkyl halides is 6. The van der Waals surface area contributed by atoms with E-state index in [-0.39, 0.29) is 11.3 Å². The predicted octanol–water partition coefficient (Wildman–Crippen LogP) is 4.79. The number of aliphatic imine (C=N–C) groups is 1. The number of rotatable bonds is 5. The van der Waals surface area contributed by atoms with Crippen LogP contribution in [0.2, 0.25) is 0 Å². The molecule has 4 nitrogen and oxygen atoms in total. The zero-order valence-electron chi connectivity index (χ0n) is 14.5. The lowest BCUT2D eigenvalue weighted by Gasteiger charge is -2.15. The van der Waals surface area contributed by atoms with Gasteiger partial charge in [0.1, 0.15) is 5.57 Å². The third kappa shape index (κ3) is 6.46. The summed E-state index contributed by atoms with van der Waals surface area (Å²) in [5.74, 6) is -1.61. The number of carbonyl (C=O) groups excluding carboxylic acids is 1. The number of anilines is 1. The summed E-state index contributed by atoms with van der Waals surface area (Å²) in [4.78, 5) is 15.6. The molecule has 1 unspecified atom stereocenters. The first-order valence-electron chi connectivity index (χ1n) is 8.01. The Morgan fingerprint density at radius 2 is 1.48 bits per heavy atom. The average Bonchev–Trinajstić information content (AvgIpc) is 2.64. The van der Waals surface area contributed by atoms with Crippen molar-refractivity contribution in [3.05, 3.63) is 77.4 Å². The fourth-order valence-electron chi connectivity index (χ4n) is 2.21. The van der Waals surface area contributed by atoms with Gasteiger partial charge >= 0.3 is 12.4 Å². The number of para-hydroxylation sites is 1. The fraction of sp³-hybridized carbons (Fsp3) is 0.158. The van der Waals surface area contributed by atoms with Crippen LogP contribution in [0, 0.1) is 0 Å². The standard InChI is InChI=1S/C19H14F6N2O2/c20-18(21,22)15(19(23,24)25)10-16(28)27-14-9-5-4-8-13(14)11-26-17(29)12-6-2-1-3-7-12/h1-11,17,29H,(H,27,28). The molecule has 0 radical (unpaired) electrons. The molecule has 2 aromatic carbocycles. The molecule has 2 rings (SSSR count). The van der Waals surface area contributed by atoms with Crippen LogP contribution in [-0.2, 0) is 4.79 Å². The number of nitrogens with zero attached hydrogens (tertiary/aromatic N) is 1. The molecule has 0 fully saturated rings. The Kier molecular flexibility index (Phi) is 6.80. The first-order valence-corrected chi connectivity index (χ1v) is 8.01. The van der Waals surface area contributed by atoms with Gasteiger partial charge in [0.25, 0.3) is 0 Å². The molecule has 29 heavy (non-hydrogen) atoms. The van der Waals surface area contributed by atoms with E-state index in [9.17, 15) is 36.2 Å². The largest absolute Gasteiger partial charge is 0.421 e. The van der Waals surface area contributed by atoms with Gasteiger partial charge in [0.05, 0.1) is 0 Å². The van der Waals surface area contributed by atoms with Gasteiger partial charge in [0.2, 0.25) is 5.91 Å². The van der Waals surface area contributed by atoms with Crippen LogP contribution in [0.25, 0.3) is 0 Å². The van der Waals surface area contributed by atoms with E-state index < -0.39 is 36.1 Å². The minimum Gasteiger partial charge on any atom is -0.368 e. The first-order chi connectivity index (χ1) is 13.5. The van der Waals surface area contributed by atoms with E-state index in [4.69, 9.17) is 0 Å². The highest BCUT2D eigenvalue weighted by atomic mass is 19.4. The number of nitrogens with one attached hydrogen (secondary N) is 1. The number of aliphatic hydroxyl groups is 1. The SMILES string of the molecule is O=C(C=C(C(F)(F)F)C(F)(F)F)Nc1ccccc1C=NC(O)c1ccccc1. The highest BCUT2D eigenvalue weighted by Crippen LogP contribution is 2.38. The average molecular weight is 416 g/mol. The van der Waals surface area contributed by atoms with Crippen LogP contribution in [0.4, 0.5) is 32.0 Å². The second-order valence-corrected chi connectivity index (χ2v) is 5.69. The zero-order chi connectivity index (χ0) is 21.7. The number of aliphatic hydroxyl groups excluding tert-OH is 1. The number of amides is 1. The maximum absolute atomic E-state index is 12.5. The van der Waals surface area contributed by atoms with Crippen molar-refractivity contribution in [1.29, 1.82) is 0 Å². The van der Waals surface area contributed by atoms with Gasteiger partial charge in [-0.1, -0.05) is 48.5 Å². The molecule has 0 aliphatic rings. The van der Waals surface area contributed by atoms with E-state index in [1.165, 1.54) is 24.3 Å². The Labute approximate surface area is 161 Å². The van der Waals surface area contributed by atoms with Crippen molar-refractivity contribution < 1.29 is 36.2 Å². The molecule has 0 bridgehead atoms. The van der Waals surface area contributed by atoms with Crippen LogP contribution in [0.5, 0.6) is 0 Å². The normalized spacial score (nSPS) is 13.2. The van der Waals surface area contributed by atoms with Gasteiger partial charge in [0.15, 0.2) is 6.23 Å². The number of hydrogen-bond donors (Lipinski definition) is 2. The summed E-state index contributed by atoms with van der Waals surface area (Å²) < 4.78 is 75.3. The Balaban J connectivity index is 2.23. The summed E-state index contributed by atoms with van der Waals surface area (Å²) in [5, 5.41) is 12.0. The van der Waals surface area contributed by atoms with E-state index in [1.54, 1.807) is 30.3 Å². The van der Waals surface area contributed by atoms with Gasteiger partial charge in [-0.3, -0.25) is 9.79 Å². The minimum atomic E-state index is -5.74. The molecular weight excluding hydrogens is 402 g/mol. The van der Waals surface area contributed by atoms with Gasteiger partial charge < -0.3 is 10.4 Å². The summed E-state index contributed by atoms with van der Waals surface area (Å²) in [5.41, 5.74) is -2.37. The summed E-state index contributed by atoms with van der Waals surface area (Å²) in [7, 11) is 0. The third-order valence-electron chi connectivity index (χ3n) is 3.56. The zero-order valence-corrected chi connectivity index (χ0v) is 14.5. The van der Waals surface area contributed by atoms with Crippen molar-refractivity contribution in [3.63, 3.8) is 0 Å². The van der Waals surface area contributed by atoms with Crippen LogP contribution in [0.3, 0.4) is 0 Å². The van der Waals surface area contributed by atoms with Crippen LogP contribution < -0.4 is 5.32 Å². The molecule has 0 saturated carbocycles. The van der Waals surface area contributed by atoms with E-state index >= 15 is 0 Å². The van der Waals surface area contributed by atoms with Crippen molar-refractivity contribution in [2.45, 2.75) is 18.6 Å². The van der Waals surface area contributed by atoms with Crippen LogP contribution in [0.1, 0.15) is 17.4 Å². The van der Waals surface area contributed by atoms with Crippen molar-refractivity contribution in [1.82, 2.24) is 0 Å². The van der Waals surface area contributed by atoms with Crippen LogP contribution in [-0.4, -0.2) is 29.6 Å².